The maximum Gasteiger partial charge on any atom is 0.175 e. The van der Waals surface area contributed by atoms with Crippen LogP contribution in [-0.4, -0.2) is 14.7 Å². The quantitative estimate of drug-likeness (QED) is 0.717. The second-order valence-corrected chi connectivity index (χ2v) is 7.29. The van der Waals surface area contributed by atoms with Crippen molar-refractivity contribution in [1.82, 2.24) is 0 Å². The van der Waals surface area contributed by atoms with Gasteiger partial charge in [-0.1, -0.05) is 36.4 Å². The summed E-state index contributed by atoms with van der Waals surface area (Å²) >= 11 is 0. The van der Waals surface area contributed by atoms with Crippen molar-refractivity contribution >= 4 is 9.84 Å². The molecule has 0 saturated heterocycles. The molecule has 0 aliphatic carbocycles. The first-order valence-corrected chi connectivity index (χ1v) is 8.91. The lowest BCUT2D eigenvalue weighted by Gasteiger charge is -2.10. The van der Waals surface area contributed by atoms with Gasteiger partial charge in [-0.3, -0.25) is 0 Å². The highest BCUT2D eigenvalue weighted by molar-refractivity contribution is 7.90. The van der Waals surface area contributed by atoms with Crippen molar-refractivity contribution in [1.29, 1.82) is 0 Å². The Hall–Kier alpha value is -2.46. The van der Waals surface area contributed by atoms with Crippen molar-refractivity contribution in [2.24, 2.45) is 0 Å². The fraction of sp³-hybridized carbons (Fsp3) is 0.0526. The average Bonchev–Trinajstić information content (AvgIpc) is 2.55. The van der Waals surface area contributed by atoms with Gasteiger partial charge < -0.3 is 0 Å². The lowest BCUT2D eigenvalue weighted by Crippen LogP contribution is -1.96. The normalized spacial score (nSPS) is 11.4. The van der Waals surface area contributed by atoms with Crippen LogP contribution in [0.4, 0.5) is 4.39 Å². The zero-order valence-electron chi connectivity index (χ0n) is 12.5. The molecule has 0 fully saturated rings. The summed E-state index contributed by atoms with van der Waals surface area (Å²) in [4.78, 5) is 0.284. The van der Waals surface area contributed by atoms with E-state index in [1.165, 1.54) is 18.4 Å². The summed E-state index contributed by atoms with van der Waals surface area (Å²) in [7, 11) is -3.22. The summed E-state index contributed by atoms with van der Waals surface area (Å²) < 4.78 is 36.2. The molecular weight excluding hydrogens is 311 g/mol. The zero-order valence-corrected chi connectivity index (χ0v) is 13.3. The largest absolute Gasteiger partial charge is 0.224 e. The Morgan fingerprint density at radius 3 is 2.00 bits per heavy atom. The Balaban J connectivity index is 2.09. The predicted molar refractivity (Wildman–Crippen MR) is 89.2 cm³/mol. The highest BCUT2D eigenvalue weighted by Gasteiger charge is 2.10. The number of hydrogen-bond donors (Lipinski definition) is 0. The number of halogens is 1. The summed E-state index contributed by atoms with van der Waals surface area (Å²) in [5, 5.41) is 0. The van der Waals surface area contributed by atoms with Crippen molar-refractivity contribution in [2.45, 2.75) is 4.90 Å². The van der Waals surface area contributed by atoms with Gasteiger partial charge in [0.25, 0.3) is 0 Å². The lowest BCUT2D eigenvalue weighted by molar-refractivity contribution is 0.602. The van der Waals surface area contributed by atoms with Gasteiger partial charge in [-0.2, -0.15) is 0 Å². The summed E-state index contributed by atoms with van der Waals surface area (Å²) in [5.41, 5.74) is 3.63. The van der Waals surface area contributed by atoms with Gasteiger partial charge in [0.1, 0.15) is 5.82 Å². The molecule has 4 heteroatoms. The van der Waals surface area contributed by atoms with E-state index in [-0.39, 0.29) is 10.7 Å². The van der Waals surface area contributed by atoms with Gasteiger partial charge in [0.15, 0.2) is 9.84 Å². The maximum absolute atomic E-state index is 13.1. The Morgan fingerprint density at radius 2 is 1.39 bits per heavy atom. The third-order valence-corrected chi connectivity index (χ3v) is 4.74. The number of benzene rings is 3. The van der Waals surface area contributed by atoms with E-state index < -0.39 is 9.84 Å². The molecule has 0 heterocycles. The fourth-order valence-corrected chi connectivity index (χ4v) is 3.06. The molecule has 0 aromatic heterocycles. The van der Waals surface area contributed by atoms with Crippen LogP contribution in [0.5, 0.6) is 0 Å². The highest BCUT2D eigenvalue weighted by Crippen LogP contribution is 2.32. The third-order valence-electron chi connectivity index (χ3n) is 3.61. The summed E-state index contributed by atoms with van der Waals surface area (Å²) in [6.45, 7) is 0. The molecule has 1 radical (unpaired) electrons. The number of hydrogen-bond acceptors (Lipinski definition) is 2. The molecule has 0 unspecified atom stereocenters. The van der Waals surface area contributed by atoms with Crippen molar-refractivity contribution in [3.63, 3.8) is 0 Å². The second kappa shape index (κ2) is 5.97. The maximum atomic E-state index is 13.1. The topological polar surface area (TPSA) is 34.1 Å². The molecule has 3 aromatic rings. The van der Waals surface area contributed by atoms with E-state index in [9.17, 15) is 12.8 Å². The van der Waals surface area contributed by atoms with E-state index in [2.05, 4.69) is 6.07 Å². The monoisotopic (exact) mass is 325 g/mol. The first kappa shape index (κ1) is 15.4. The Bertz CT molecular complexity index is 928. The smallest absolute Gasteiger partial charge is 0.175 e. The van der Waals surface area contributed by atoms with Crippen molar-refractivity contribution in [2.75, 3.05) is 6.26 Å². The minimum atomic E-state index is -3.22. The first-order valence-electron chi connectivity index (χ1n) is 7.02. The molecule has 0 saturated carbocycles. The second-order valence-electron chi connectivity index (χ2n) is 5.28. The van der Waals surface area contributed by atoms with Gasteiger partial charge in [-0.05, 0) is 58.7 Å². The van der Waals surface area contributed by atoms with Crippen molar-refractivity contribution < 1.29 is 12.8 Å². The van der Waals surface area contributed by atoms with Gasteiger partial charge in [0, 0.05) is 6.26 Å². The van der Waals surface area contributed by atoms with E-state index in [0.717, 1.165) is 22.3 Å². The first-order chi connectivity index (χ1) is 10.9. The van der Waals surface area contributed by atoms with Gasteiger partial charge in [-0.25, -0.2) is 12.8 Å². The van der Waals surface area contributed by atoms with Crippen LogP contribution in [0.2, 0.25) is 0 Å². The third kappa shape index (κ3) is 3.32. The van der Waals surface area contributed by atoms with Crippen LogP contribution < -0.4 is 0 Å². The van der Waals surface area contributed by atoms with Crippen molar-refractivity contribution in [3.8, 4) is 22.3 Å². The van der Waals surface area contributed by atoms with Gasteiger partial charge in [-0.15, -0.1) is 0 Å². The van der Waals surface area contributed by atoms with E-state index in [1.807, 2.05) is 12.1 Å². The van der Waals surface area contributed by atoms with Crippen LogP contribution in [0.25, 0.3) is 22.3 Å². The van der Waals surface area contributed by atoms with Gasteiger partial charge in [0.2, 0.25) is 0 Å². The van der Waals surface area contributed by atoms with E-state index >= 15 is 0 Å². The van der Waals surface area contributed by atoms with Gasteiger partial charge >= 0.3 is 0 Å². The molecule has 0 bridgehead atoms. The molecule has 0 atom stereocenters. The van der Waals surface area contributed by atoms with E-state index in [1.54, 1.807) is 42.5 Å². The molecule has 3 aromatic carbocycles. The summed E-state index contributed by atoms with van der Waals surface area (Å²) in [6, 6.07) is 21.6. The molecule has 0 aliphatic heterocycles. The fourth-order valence-electron chi connectivity index (χ4n) is 2.43. The summed E-state index contributed by atoms with van der Waals surface area (Å²) in [6.07, 6.45) is 1.18. The Morgan fingerprint density at radius 1 is 0.826 bits per heavy atom. The SMILES string of the molecule is CS(=O)(=O)c1ccc(-c2cc[c]cc2-c2ccc(F)cc2)cc1. The standard InChI is InChI=1S/C19H14FO2S/c1-23(21,22)17-12-8-15(9-13-17)19-5-3-2-4-18(19)14-6-10-16(20)11-7-14/h3-13H,1H3. The molecular formula is C19H14FO2S. The van der Waals surface area contributed by atoms with Crippen LogP contribution in [0.1, 0.15) is 0 Å². The van der Waals surface area contributed by atoms with E-state index in [4.69, 9.17) is 0 Å². The van der Waals surface area contributed by atoms with Crippen LogP contribution >= 0.6 is 0 Å². The lowest BCUT2D eigenvalue weighted by atomic mass is 9.95. The van der Waals surface area contributed by atoms with Crippen LogP contribution in [-0.2, 0) is 9.84 Å². The van der Waals surface area contributed by atoms with Gasteiger partial charge in [0.05, 0.1) is 4.90 Å². The molecule has 2 nitrogen and oxygen atoms in total. The van der Waals surface area contributed by atoms with Crippen LogP contribution in [0.3, 0.4) is 0 Å². The molecule has 3 rings (SSSR count). The van der Waals surface area contributed by atoms with Crippen molar-refractivity contribution in [3.05, 3.63) is 78.6 Å². The Labute approximate surface area is 135 Å². The molecule has 0 spiro atoms. The summed E-state index contributed by atoms with van der Waals surface area (Å²) in [5.74, 6) is -0.285. The van der Waals surface area contributed by atoms with E-state index in [0.29, 0.717) is 0 Å². The zero-order chi connectivity index (χ0) is 16.4. The minimum absolute atomic E-state index is 0.284. The molecule has 0 N–H and O–H groups in total. The molecule has 0 aliphatic rings. The number of rotatable bonds is 3. The molecule has 0 amide bonds. The average molecular weight is 325 g/mol. The van der Waals surface area contributed by atoms with Crippen LogP contribution in [0.15, 0.2) is 71.6 Å². The highest BCUT2D eigenvalue weighted by atomic mass is 32.2. The molecule has 23 heavy (non-hydrogen) atoms. The number of sulfone groups is 1. The predicted octanol–water partition coefficient (Wildman–Crippen LogP) is 4.36. The molecule has 115 valence electrons. The Kier molecular flexibility index (Phi) is 4.01. The minimum Gasteiger partial charge on any atom is -0.224 e. The van der Waals surface area contributed by atoms with Crippen LogP contribution in [0, 0.1) is 11.9 Å².